The fourth-order valence-electron chi connectivity index (χ4n) is 3.17. The Labute approximate surface area is 152 Å². The number of methoxy groups -OCH3 is 1. The van der Waals surface area contributed by atoms with Gasteiger partial charge in [0.1, 0.15) is 5.75 Å². The number of hydrogen-bond donors (Lipinski definition) is 1. The molecule has 3 rings (SSSR count). The van der Waals surface area contributed by atoms with Crippen LogP contribution in [0, 0.1) is 5.82 Å². The highest BCUT2D eigenvalue weighted by Gasteiger charge is 2.28. The molecule has 0 bridgehead atoms. The molecule has 26 heavy (non-hydrogen) atoms. The Morgan fingerprint density at radius 1 is 1.38 bits per heavy atom. The molecule has 1 aromatic carbocycles. The molecule has 6 nitrogen and oxygen atoms in total. The van der Waals surface area contributed by atoms with Crippen LogP contribution in [0.5, 0.6) is 5.75 Å². The maximum absolute atomic E-state index is 14.0. The fraction of sp³-hybridized carbons (Fsp3) is 0.368. The van der Waals surface area contributed by atoms with Crippen LogP contribution in [0.25, 0.3) is 0 Å². The third-order valence-electron chi connectivity index (χ3n) is 4.55. The summed E-state index contributed by atoms with van der Waals surface area (Å²) in [5, 5.41) is 2.94. The highest BCUT2D eigenvalue weighted by atomic mass is 19.1. The van der Waals surface area contributed by atoms with E-state index >= 15 is 0 Å². The number of hydrogen-bond acceptors (Lipinski definition) is 4. The van der Waals surface area contributed by atoms with Gasteiger partial charge in [-0.1, -0.05) is 12.1 Å². The van der Waals surface area contributed by atoms with Crippen LogP contribution in [-0.4, -0.2) is 48.7 Å². The van der Waals surface area contributed by atoms with E-state index in [9.17, 15) is 9.18 Å². The Bertz CT molecular complexity index is 771. The van der Waals surface area contributed by atoms with Crippen molar-refractivity contribution < 1.29 is 13.9 Å². The molecule has 0 radical (unpaired) electrons. The SMILES string of the molecule is COc1cccc(CNC(=O)N2CCN(c3ccncc3F)[C@@H](C)C2)c1. The number of nitrogens with zero attached hydrogens (tertiary/aromatic N) is 3. The molecule has 0 saturated carbocycles. The van der Waals surface area contributed by atoms with Gasteiger partial charge in [-0.2, -0.15) is 0 Å². The summed E-state index contributed by atoms with van der Waals surface area (Å²) in [6.07, 6.45) is 2.80. The molecule has 1 saturated heterocycles. The molecular formula is C19H23FN4O2. The molecule has 0 spiro atoms. The third kappa shape index (κ3) is 4.04. The molecule has 7 heteroatoms. The lowest BCUT2D eigenvalue weighted by Crippen LogP contribution is -2.56. The number of benzene rings is 1. The van der Waals surface area contributed by atoms with E-state index in [1.54, 1.807) is 24.3 Å². The highest BCUT2D eigenvalue weighted by Crippen LogP contribution is 2.23. The predicted octanol–water partition coefficient (Wildman–Crippen LogP) is 2.65. The van der Waals surface area contributed by atoms with Gasteiger partial charge in [0.25, 0.3) is 0 Å². The van der Waals surface area contributed by atoms with Gasteiger partial charge >= 0.3 is 6.03 Å². The van der Waals surface area contributed by atoms with Crippen LogP contribution in [0.2, 0.25) is 0 Å². The second-order valence-corrected chi connectivity index (χ2v) is 6.33. The van der Waals surface area contributed by atoms with Gasteiger partial charge in [-0.15, -0.1) is 0 Å². The minimum absolute atomic E-state index is 0.0169. The first-order valence-corrected chi connectivity index (χ1v) is 8.60. The second-order valence-electron chi connectivity index (χ2n) is 6.33. The number of piperazine rings is 1. The van der Waals surface area contributed by atoms with Crippen molar-refractivity contribution in [1.29, 1.82) is 0 Å². The van der Waals surface area contributed by atoms with Crippen LogP contribution in [0.3, 0.4) is 0 Å². The molecule has 1 aromatic heterocycles. The van der Waals surface area contributed by atoms with Crippen molar-refractivity contribution in [1.82, 2.24) is 15.2 Å². The number of amides is 2. The van der Waals surface area contributed by atoms with Gasteiger partial charge in [0.15, 0.2) is 5.82 Å². The first-order chi connectivity index (χ1) is 12.6. The number of carbonyl (C=O) groups is 1. The van der Waals surface area contributed by atoms with E-state index in [2.05, 4.69) is 10.3 Å². The number of pyridine rings is 1. The topological polar surface area (TPSA) is 57.7 Å². The number of aromatic nitrogens is 1. The number of nitrogens with one attached hydrogen (secondary N) is 1. The maximum atomic E-state index is 14.0. The summed E-state index contributed by atoms with van der Waals surface area (Å²) >= 11 is 0. The Balaban J connectivity index is 1.56. The van der Waals surface area contributed by atoms with Gasteiger partial charge in [-0.25, -0.2) is 9.18 Å². The van der Waals surface area contributed by atoms with Gasteiger partial charge in [0.05, 0.1) is 19.0 Å². The number of anilines is 1. The van der Waals surface area contributed by atoms with Crippen LogP contribution < -0.4 is 15.0 Å². The molecule has 1 N–H and O–H groups in total. The lowest BCUT2D eigenvalue weighted by Gasteiger charge is -2.41. The Kier molecular flexibility index (Phi) is 5.55. The first kappa shape index (κ1) is 18.0. The van der Waals surface area contributed by atoms with Crippen molar-refractivity contribution >= 4 is 11.7 Å². The standard InChI is InChI=1S/C19H23FN4O2/c1-14-13-23(8-9-24(14)18-6-7-21-12-17(18)20)19(25)22-11-15-4-3-5-16(10-15)26-2/h3-7,10,12,14H,8-9,11,13H2,1-2H3,(H,22,25)/t14-/m0/s1. The Hall–Kier alpha value is -2.83. The molecule has 1 aliphatic heterocycles. The lowest BCUT2D eigenvalue weighted by atomic mass is 10.1. The van der Waals surface area contributed by atoms with Crippen LogP contribution in [-0.2, 0) is 6.54 Å². The van der Waals surface area contributed by atoms with E-state index in [0.29, 0.717) is 31.9 Å². The van der Waals surface area contributed by atoms with Crippen molar-refractivity contribution in [3.05, 3.63) is 54.1 Å². The number of halogens is 1. The van der Waals surface area contributed by atoms with Crippen LogP contribution in [0.15, 0.2) is 42.7 Å². The van der Waals surface area contributed by atoms with Gasteiger partial charge < -0.3 is 19.9 Å². The Morgan fingerprint density at radius 3 is 2.96 bits per heavy atom. The molecular weight excluding hydrogens is 335 g/mol. The number of urea groups is 1. The van der Waals surface area contributed by atoms with Crippen LogP contribution >= 0.6 is 0 Å². The zero-order valence-electron chi connectivity index (χ0n) is 15.0. The van der Waals surface area contributed by atoms with E-state index < -0.39 is 0 Å². The summed E-state index contributed by atoms with van der Waals surface area (Å²) in [7, 11) is 1.62. The van der Waals surface area contributed by atoms with Gasteiger partial charge in [-0.3, -0.25) is 4.98 Å². The maximum Gasteiger partial charge on any atom is 0.317 e. The minimum atomic E-state index is -0.338. The van der Waals surface area contributed by atoms with E-state index in [1.807, 2.05) is 36.1 Å². The largest absolute Gasteiger partial charge is 0.497 e. The zero-order valence-corrected chi connectivity index (χ0v) is 15.0. The molecule has 2 amide bonds. The quantitative estimate of drug-likeness (QED) is 0.913. The smallest absolute Gasteiger partial charge is 0.317 e. The van der Waals surface area contributed by atoms with Gasteiger partial charge in [0, 0.05) is 38.4 Å². The normalized spacial score (nSPS) is 17.1. The number of rotatable bonds is 4. The van der Waals surface area contributed by atoms with Crippen LogP contribution in [0.4, 0.5) is 14.9 Å². The number of carbonyl (C=O) groups excluding carboxylic acids is 1. The summed E-state index contributed by atoms with van der Waals surface area (Å²) in [5.41, 5.74) is 1.51. The fourth-order valence-corrected chi connectivity index (χ4v) is 3.17. The summed E-state index contributed by atoms with van der Waals surface area (Å²) in [5.74, 6) is 0.425. The molecule has 1 aliphatic rings. The molecule has 1 atom stereocenters. The van der Waals surface area contributed by atoms with Crippen molar-refractivity contribution in [3.8, 4) is 5.75 Å². The van der Waals surface area contributed by atoms with Gasteiger partial charge in [-0.05, 0) is 30.7 Å². The Morgan fingerprint density at radius 2 is 2.23 bits per heavy atom. The summed E-state index contributed by atoms with van der Waals surface area (Å²) < 4.78 is 19.2. The molecule has 0 unspecified atom stereocenters. The average Bonchev–Trinajstić information content (AvgIpc) is 2.67. The minimum Gasteiger partial charge on any atom is -0.497 e. The predicted molar refractivity (Wildman–Crippen MR) is 97.8 cm³/mol. The van der Waals surface area contributed by atoms with E-state index in [-0.39, 0.29) is 17.9 Å². The van der Waals surface area contributed by atoms with E-state index in [0.717, 1.165) is 11.3 Å². The van der Waals surface area contributed by atoms with Crippen molar-refractivity contribution in [2.24, 2.45) is 0 Å². The zero-order chi connectivity index (χ0) is 18.5. The molecule has 138 valence electrons. The first-order valence-electron chi connectivity index (χ1n) is 8.60. The van der Waals surface area contributed by atoms with E-state index in [4.69, 9.17) is 4.74 Å². The summed E-state index contributed by atoms with van der Waals surface area (Å²) in [4.78, 5) is 20.0. The summed E-state index contributed by atoms with van der Waals surface area (Å²) in [6.45, 7) is 4.07. The van der Waals surface area contributed by atoms with Crippen molar-refractivity contribution in [2.75, 3.05) is 31.6 Å². The lowest BCUT2D eigenvalue weighted by molar-refractivity contribution is 0.186. The molecule has 1 fully saturated rings. The molecule has 0 aliphatic carbocycles. The summed E-state index contributed by atoms with van der Waals surface area (Å²) in [6, 6.07) is 9.17. The molecule has 2 heterocycles. The van der Waals surface area contributed by atoms with Crippen LogP contribution in [0.1, 0.15) is 12.5 Å². The molecule has 2 aromatic rings. The second kappa shape index (κ2) is 8.03. The number of ether oxygens (including phenoxy) is 1. The van der Waals surface area contributed by atoms with E-state index in [1.165, 1.54) is 6.20 Å². The monoisotopic (exact) mass is 358 g/mol. The third-order valence-corrected chi connectivity index (χ3v) is 4.55. The highest BCUT2D eigenvalue weighted by molar-refractivity contribution is 5.74. The average molecular weight is 358 g/mol. The van der Waals surface area contributed by atoms with Crippen molar-refractivity contribution in [3.63, 3.8) is 0 Å². The van der Waals surface area contributed by atoms with Gasteiger partial charge in [0.2, 0.25) is 0 Å². The van der Waals surface area contributed by atoms with Crippen molar-refractivity contribution in [2.45, 2.75) is 19.5 Å².